The van der Waals surface area contributed by atoms with E-state index in [2.05, 4.69) is 37.9 Å². The Morgan fingerprint density at radius 1 is 1.40 bits per heavy atom. The second-order valence-corrected chi connectivity index (χ2v) is 4.92. The van der Waals surface area contributed by atoms with Crippen LogP contribution in [0.25, 0.3) is 0 Å². The molecule has 0 radical (unpaired) electrons. The first-order valence-corrected chi connectivity index (χ1v) is 4.90. The first-order valence-electron chi connectivity index (χ1n) is 4.24. The number of rotatable bonds is 3. The van der Waals surface area contributed by atoms with E-state index in [1.807, 2.05) is 0 Å². The van der Waals surface area contributed by atoms with Gasteiger partial charge in [-0.3, -0.25) is 0 Å². The summed E-state index contributed by atoms with van der Waals surface area (Å²) in [7, 11) is 5.20. The van der Waals surface area contributed by atoms with Gasteiger partial charge < -0.3 is 0 Å². The highest BCUT2D eigenvalue weighted by molar-refractivity contribution is 7.17. The van der Waals surface area contributed by atoms with Gasteiger partial charge in [0.05, 0.1) is 0 Å². The molecular weight excluding hydrogens is 138 g/mol. The molecule has 0 saturated carbocycles. The molecule has 0 N–H and O–H groups in total. The first-order chi connectivity index (χ1) is 4.48. The molecule has 0 aliphatic carbocycles. The van der Waals surface area contributed by atoms with E-state index < -0.39 is 0 Å². The van der Waals surface area contributed by atoms with Gasteiger partial charge >= 0.3 is 0 Å². The van der Waals surface area contributed by atoms with Crippen LogP contribution in [0.5, 0.6) is 0 Å². The molecular formula is C8H20BP. The van der Waals surface area contributed by atoms with Gasteiger partial charge in [-0.15, -0.1) is 9.24 Å². The summed E-state index contributed by atoms with van der Waals surface area (Å²) in [5, 5.41) is 0. The van der Waals surface area contributed by atoms with Crippen molar-refractivity contribution in [2.45, 2.75) is 45.6 Å². The van der Waals surface area contributed by atoms with E-state index in [-0.39, 0.29) is 0 Å². The van der Waals surface area contributed by atoms with Gasteiger partial charge in [-0.05, 0) is 17.5 Å². The number of hydrogen-bond donors (Lipinski definition) is 0. The summed E-state index contributed by atoms with van der Waals surface area (Å²) in [4.78, 5) is 0. The standard InChI is InChI=1S/C8H20BP/c1-8(2,3)7(10)5-4-6-9/h7H,4-6,9-10H2,1-3H3/t7-/m0/s1. The maximum Gasteiger partial charge on any atom is 0.101 e. The summed E-state index contributed by atoms with van der Waals surface area (Å²) < 4.78 is 0. The summed E-state index contributed by atoms with van der Waals surface area (Å²) >= 11 is 0. The summed E-state index contributed by atoms with van der Waals surface area (Å²) in [6.45, 7) is 6.92. The summed E-state index contributed by atoms with van der Waals surface area (Å²) in [6.07, 6.45) is 4.04. The Morgan fingerprint density at radius 2 is 1.90 bits per heavy atom. The van der Waals surface area contributed by atoms with Crippen LogP contribution in [0.1, 0.15) is 33.6 Å². The number of hydrogen-bond acceptors (Lipinski definition) is 0. The first kappa shape index (κ1) is 10.5. The lowest BCUT2D eigenvalue weighted by Gasteiger charge is -2.26. The van der Waals surface area contributed by atoms with Crippen LogP contribution in [0.3, 0.4) is 0 Å². The minimum atomic E-state index is 0.472. The quantitative estimate of drug-likeness (QED) is 0.435. The van der Waals surface area contributed by atoms with E-state index in [1.54, 1.807) is 0 Å². The van der Waals surface area contributed by atoms with Crippen LogP contribution >= 0.6 is 9.24 Å². The third-order valence-electron chi connectivity index (χ3n) is 1.98. The van der Waals surface area contributed by atoms with Gasteiger partial charge in [-0.2, -0.15) is 0 Å². The molecule has 0 nitrogen and oxygen atoms in total. The predicted molar refractivity (Wildman–Crippen MR) is 55.5 cm³/mol. The minimum absolute atomic E-state index is 0.472. The van der Waals surface area contributed by atoms with E-state index in [1.165, 1.54) is 19.2 Å². The molecule has 0 amide bonds. The maximum absolute atomic E-state index is 2.95. The monoisotopic (exact) mass is 158 g/mol. The molecule has 0 aromatic carbocycles. The molecule has 10 heavy (non-hydrogen) atoms. The fraction of sp³-hybridized carbons (Fsp3) is 1.00. The van der Waals surface area contributed by atoms with Crippen LogP contribution in [0.4, 0.5) is 0 Å². The summed E-state index contributed by atoms with van der Waals surface area (Å²) in [5.74, 6) is 0. The molecule has 0 heterocycles. The average molecular weight is 158 g/mol. The fourth-order valence-electron chi connectivity index (χ4n) is 0.857. The average Bonchev–Trinajstić information content (AvgIpc) is 1.80. The zero-order chi connectivity index (χ0) is 8.20. The van der Waals surface area contributed by atoms with Crippen molar-refractivity contribution in [3.8, 4) is 0 Å². The molecule has 1 unspecified atom stereocenters. The van der Waals surface area contributed by atoms with Crippen molar-refractivity contribution >= 4 is 17.1 Å². The summed E-state index contributed by atoms with van der Waals surface area (Å²) in [6, 6.07) is 0. The van der Waals surface area contributed by atoms with Gasteiger partial charge in [0.15, 0.2) is 0 Å². The van der Waals surface area contributed by atoms with Gasteiger partial charge in [0.1, 0.15) is 7.85 Å². The van der Waals surface area contributed by atoms with Crippen molar-refractivity contribution in [1.29, 1.82) is 0 Å². The third-order valence-corrected chi connectivity index (χ3v) is 3.31. The van der Waals surface area contributed by atoms with Crippen molar-refractivity contribution in [2.75, 3.05) is 0 Å². The Balaban J connectivity index is 3.52. The van der Waals surface area contributed by atoms with Crippen LogP contribution in [-0.4, -0.2) is 13.5 Å². The van der Waals surface area contributed by atoms with Gasteiger partial charge in [0, 0.05) is 0 Å². The zero-order valence-electron chi connectivity index (χ0n) is 7.78. The molecule has 0 aliphatic rings. The Labute approximate surface area is 68.8 Å². The zero-order valence-corrected chi connectivity index (χ0v) is 8.93. The largest absolute Gasteiger partial charge is 0.134 e. The fourth-order valence-corrected chi connectivity index (χ4v) is 1.09. The minimum Gasteiger partial charge on any atom is -0.134 e. The Kier molecular flexibility index (Phi) is 4.61. The van der Waals surface area contributed by atoms with Crippen molar-refractivity contribution in [2.24, 2.45) is 5.41 Å². The highest BCUT2D eigenvalue weighted by atomic mass is 31.0. The second kappa shape index (κ2) is 4.39. The van der Waals surface area contributed by atoms with Crippen LogP contribution in [-0.2, 0) is 0 Å². The molecule has 0 spiro atoms. The lowest BCUT2D eigenvalue weighted by atomic mass is 9.87. The lowest BCUT2D eigenvalue weighted by Crippen LogP contribution is -2.19. The Hall–Kier alpha value is 0.495. The molecule has 0 aromatic rings. The Morgan fingerprint density at radius 3 is 2.20 bits per heavy atom. The van der Waals surface area contributed by atoms with E-state index in [9.17, 15) is 0 Å². The highest BCUT2D eigenvalue weighted by Gasteiger charge is 2.18. The van der Waals surface area contributed by atoms with Crippen LogP contribution in [0.15, 0.2) is 0 Å². The van der Waals surface area contributed by atoms with Gasteiger partial charge in [-0.25, -0.2) is 0 Å². The van der Waals surface area contributed by atoms with E-state index >= 15 is 0 Å². The molecule has 2 heteroatoms. The topological polar surface area (TPSA) is 0 Å². The normalized spacial score (nSPS) is 15.2. The maximum atomic E-state index is 2.95. The van der Waals surface area contributed by atoms with Crippen molar-refractivity contribution in [3.05, 3.63) is 0 Å². The van der Waals surface area contributed by atoms with Gasteiger partial charge in [-0.1, -0.05) is 33.5 Å². The Bertz CT molecular complexity index is 85.7. The second-order valence-electron chi connectivity index (χ2n) is 4.11. The van der Waals surface area contributed by atoms with Crippen molar-refractivity contribution in [3.63, 3.8) is 0 Å². The smallest absolute Gasteiger partial charge is 0.101 e. The molecule has 2 atom stereocenters. The molecule has 0 aliphatic heterocycles. The van der Waals surface area contributed by atoms with Crippen LogP contribution in [0.2, 0.25) is 6.32 Å². The lowest BCUT2D eigenvalue weighted by molar-refractivity contribution is 0.377. The van der Waals surface area contributed by atoms with E-state index in [0.29, 0.717) is 5.41 Å². The molecule has 0 rings (SSSR count). The molecule has 60 valence electrons. The van der Waals surface area contributed by atoms with Crippen LogP contribution < -0.4 is 0 Å². The summed E-state index contributed by atoms with van der Waals surface area (Å²) in [5.41, 5.74) is 1.26. The van der Waals surface area contributed by atoms with Gasteiger partial charge in [0.2, 0.25) is 0 Å². The predicted octanol–water partition coefficient (Wildman–Crippen LogP) is 2.11. The molecule has 0 saturated heterocycles. The van der Waals surface area contributed by atoms with E-state index in [4.69, 9.17) is 0 Å². The molecule has 0 bridgehead atoms. The van der Waals surface area contributed by atoms with Crippen molar-refractivity contribution < 1.29 is 0 Å². The van der Waals surface area contributed by atoms with Crippen molar-refractivity contribution in [1.82, 2.24) is 0 Å². The highest BCUT2D eigenvalue weighted by Crippen LogP contribution is 2.29. The van der Waals surface area contributed by atoms with Crippen LogP contribution in [0, 0.1) is 5.41 Å². The molecule has 0 fully saturated rings. The molecule has 0 aromatic heterocycles. The van der Waals surface area contributed by atoms with E-state index in [0.717, 1.165) is 5.66 Å². The SMILES string of the molecule is BCCC[C@H](P)C(C)(C)C. The van der Waals surface area contributed by atoms with Gasteiger partial charge in [0.25, 0.3) is 0 Å². The third kappa shape index (κ3) is 4.33.